The lowest BCUT2D eigenvalue weighted by atomic mass is 10.0. The maximum absolute atomic E-state index is 11.9. The number of halogens is 1. The van der Waals surface area contributed by atoms with Crippen LogP contribution in [0.1, 0.15) is 25.8 Å². The van der Waals surface area contributed by atoms with Gasteiger partial charge in [-0.15, -0.1) is 0 Å². The van der Waals surface area contributed by atoms with Crippen LogP contribution in [0.15, 0.2) is 18.2 Å². The highest BCUT2D eigenvalue weighted by atomic mass is 35.5. The lowest BCUT2D eigenvalue weighted by molar-refractivity contribution is -0.121. The van der Waals surface area contributed by atoms with Crippen molar-refractivity contribution >= 4 is 23.2 Å². The van der Waals surface area contributed by atoms with E-state index in [0.717, 1.165) is 0 Å². The van der Waals surface area contributed by atoms with Crippen molar-refractivity contribution in [2.75, 3.05) is 19.0 Å². The van der Waals surface area contributed by atoms with Crippen molar-refractivity contribution in [3.05, 3.63) is 28.8 Å². The maximum Gasteiger partial charge on any atom is 0.227 e. The normalized spacial score (nSPS) is 10.7. The van der Waals surface area contributed by atoms with Gasteiger partial charge >= 0.3 is 0 Å². The minimum absolute atomic E-state index is 0.128. The topological polar surface area (TPSA) is 64.3 Å². The Morgan fingerprint density at radius 1 is 1.50 bits per heavy atom. The summed E-state index contributed by atoms with van der Waals surface area (Å²) in [6, 6.07) is 5.15. The number of amides is 1. The Labute approximate surface area is 124 Å². The third kappa shape index (κ3) is 5.22. The second-order valence-corrected chi connectivity index (χ2v) is 5.30. The number of nitrogens with two attached hydrogens (primary N) is 1. The van der Waals surface area contributed by atoms with E-state index >= 15 is 0 Å². The van der Waals surface area contributed by atoms with E-state index in [2.05, 4.69) is 17.2 Å². The first-order chi connectivity index (χ1) is 9.38. The average molecular weight is 295 g/mol. The Kier molecular flexibility index (Phi) is 6.03. The molecule has 0 aliphatic heterocycles. The monoisotopic (exact) mass is 294 g/mol. The number of ether oxygens (including phenoxy) is 1. The summed E-state index contributed by atoms with van der Waals surface area (Å²) in [7, 11) is 1.58. The lowest BCUT2D eigenvalue weighted by Crippen LogP contribution is -2.29. The Bertz CT molecular complexity index is 545. The zero-order chi connectivity index (χ0) is 15.2. The van der Waals surface area contributed by atoms with Crippen LogP contribution in [0.2, 0.25) is 5.02 Å². The third-order valence-corrected chi connectivity index (χ3v) is 3.04. The van der Waals surface area contributed by atoms with E-state index < -0.39 is 5.60 Å². The predicted molar refractivity (Wildman–Crippen MR) is 81.7 cm³/mol. The van der Waals surface area contributed by atoms with E-state index in [4.69, 9.17) is 22.1 Å². The highest BCUT2D eigenvalue weighted by Gasteiger charge is 2.21. The third-order valence-electron chi connectivity index (χ3n) is 2.71. The Morgan fingerprint density at radius 3 is 2.80 bits per heavy atom. The van der Waals surface area contributed by atoms with Crippen molar-refractivity contribution in [3.63, 3.8) is 0 Å². The van der Waals surface area contributed by atoms with Crippen molar-refractivity contribution in [2.24, 2.45) is 5.73 Å². The molecular formula is C15H19ClN2O2. The zero-order valence-electron chi connectivity index (χ0n) is 11.9. The van der Waals surface area contributed by atoms with Gasteiger partial charge in [-0.25, -0.2) is 0 Å². The van der Waals surface area contributed by atoms with Gasteiger partial charge in [0, 0.05) is 18.4 Å². The fourth-order valence-electron chi connectivity index (χ4n) is 1.51. The van der Waals surface area contributed by atoms with Crippen LogP contribution in [0.3, 0.4) is 0 Å². The quantitative estimate of drug-likeness (QED) is 0.838. The molecule has 4 nitrogen and oxygen atoms in total. The van der Waals surface area contributed by atoms with Crippen LogP contribution in [0, 0.1) is 11.8 Å². The fraction of sp³-hybridized carbons (Fsp3) is 0.400. The highest BCUT2D eigenvalue weighted by molar-refractivity contribution is 6.31. The van der Waals surface area contributed by atoms with Crippen molar-refractivity contribution in [3.8, 4) is 11.8 Å². The van der Waals surface area contributed by atoms with E-state index in [1.165, 1.54) is 0 Å². The largest absolute Gasteiger partial charge is 0.378 e. The minimum Gasteiger partial charge on any atom is -0.378 e. The summed E-state index contributed by atoms with van der Waals surface area (Å²) < 4.78 is 5.22. The summed E-state index contributed by atoms with van der Waals surface area (Å²) in [5.41, 5.74) is 6.11. The second kappa shape index (κ2) is 7.30. The first kappa shape index (κ1) is 16.5. The van der Waals surface area contributed by atoms with Crippen molar-refractivity contribution in [1.82, 2.24) is 0 Å². The summed E-state index contributed by atoms with van der Waals surface area (Å²) in [5.74, 6) is 5.47. The number of benzene rings is 1. The van der Waals surface area contributed by atoms with Gasteiger partial charge in [0.15, 0.2) is 0 Å². The van der Waals surface area contributed by atoms with Gasteiger partial charge in [0.05, 0.1) is 23.6 Å². The molecular weight excluding hydrogens is 276 g/mol. The van der Waals surface area contributed by atoms with E-state index in [0.29, 0.717) is 16.3 Å². The number of carbonyl (C=O) groups is 1. The summed E-state index contributed by atoms with van der Waals surface area (Å²) in [6.07, 6.45) is 0.260. The molecule has 0 fully saturated rings. The zero-order valence-corrected chi connectivity index (χ0v) is 12.7. The number of methoxy groups -OCH3 is 1. The smallest absolute Gasteiger partial charge is 0.227 e. The van der Waals surface area contributed by atoms with Crippen molar-refractivity contribution in [1.29, 1.82) is 0 Å². The van der Waals surface area contributed by atoms with E-state index in [1.807, 2.05) is 13.8 Å². The van der Waals surface area contributed by atoms with Crippen LogP contribution >= 0.6 is 11.6 Å². The van der Waals surface area contributed by atoms with E-state index in [1.54, 1.807) is 25.3 Å². The van der Waals surface area contributed by atoms with E-state index in [9.17, 15) is 4.79 Å². The molecule has 0 aliphatic carbocycles. The standard InChI is InChI=1S/C15H19ClN2O2/c1-15(2,20-3)10-14(19)18-12-6-7-13(16)11(9-12)5-4-8-17/h6-7,9H,8,10,17H2,1-3H3,(H,18,19). The molecule has 0 atom stereocenters. The Balaban J connectivity index is 2.81. The molecule has 20 heavy (non-hydrogen) atoms. The van der Waals surface area contributed by atoms with E-state index in [-0.39, 0.29) is 18.9 Å². The average Bonchev–Trinajstić information content (AvgIpc) is 2.38. The van der Waals surface area contributed by atoms with Crippen molar-refractivity contribution < 1.29 is 9.53 Å². The molecule has 0 unspecified atom stereocenters. The number of nitrogens with one attached hydrogen (secondary N) is 1. The van der Waals surface area contributed by atoms with Gasteiger partial charge in [0.2, 0.25) is 5.91 Å². The molecule has 0 radical (unpaired) electrons. The number of anilines is 1. The molecule has 0 aliphatic rings. The first-order valence-electron chi connectivity index (χ1n) is 6.21. The minimum atomic E-state index is -0.501. The summed E-state index contributed by atoms with van der Waals surface area (Å²) >= 11 is 6.02. The number of hydrogen-bond donors (Lipinski definition) is 2. The van der Waals surface area contributed by atoms with Crippen LogP contribution in [0.5, 0.6) is 0 Å². The molecule has 5 heteroatoms. The lowest BCUT2D eigenvalue weighted by Gasteiger charge is -2.21. The van der Waals surface area contributed by atoms with Crippen LogP contribution in [0.4, 0.5) is 5.69 Å². The summed E-state index contributed by atoms with van der Waals surface area (Å²) in [6.45, 7) is 3.97. The molecule has 0 heterocycles. The van der Waals surface area contributed by atoms with Gasteiger partial charge in [0.25, 0.3) is 0 Å². The predicted octanol–water partition coefficient (Wildman–Crippen LogP) is 2.40. The first-order valence-corrected chi connectivity index (χ1v) is 6.59. The highest BCUT2D eigenvalue weighted by Crippen LogP contribution is 2.21. The fourth-order valence-corrected chi connectivity index (χ4v) is 1.67. The van der Waals surface area contributed by atoms with Gasteiger partial charge in [-0.3, -0.25) is 4.79 Å². The molecule has 0 aromatic heterocycles. The Morgan fingerprint density at radius 2 is 2.20 bits per heavy atom. The second-order valence-electron chi connectivity index (χ2n) is 4.89. The molecule has 1 amide bonds. The van der Waals surface area contributed by atoms with Crippen molar-refractivity contribution in [2.45, 2.75) is 25.9 Å². The molecule has 1 rings (SSSR count). The Hall–Kier alpha value is -1.54. The van der Waals surface area contributed by atoms with Gasteiger partial charge in [-0.05, 0) is 32.0 Å². The van der Waals surface area contributed by atoms with Gasteiger partial charge in [-0.2, -0.15) is 0 Å². The van der Waals surface area contributed by atoms with Gasteiger partial charge in [-0.1, -0.05) is 23.4 Å². The number of rotatable bonds is 4. The molecule has 0 spiro atoms. The molecule has 0 saturated carbocycles. The summed E-state index contributed by atoms with van der Waals surface area (Å²) in [4.78, 5) is 11.9. The molecule has 1 aromatic carbocycles. The maximum atomic E-state index is 11.9. The molecule has 1 aromatic rings. The molecule has 108 valence electrons. The van der Waals surface area contributed by atoms with Crippen LogP contribution in [0.25, 0.3) is 0 Å². The van der Waals surface area contributed by atoms with Gasteiger partial charge < -0.3 is 15.8 Å². The van der Waals surface area contributed by atoms with Crippen LogP contribution in [-0.4, -0.2) is 25.2 Å². The summed E-state index contributed by atoms with van der Waals surface area (Å²) in [5, 5.41) is 3.33. The molecule has 0 saturated heterocycles. The van der Waals surface area contributed by atoms with Gasteiger partial charge in [0.1, 0.15) is 0 Å². The van der Waals surface area contributed by atoms with Crippen LogP contribution < -0.4 is 11.1 Å². The SMILES string of the molecule is COC(C)(C)CC(=O)Nc1ccc(Cl)c(C#CCN)c1. The molecule has 3 N–H and O–H groups in total. The van der Waals surface area contributed by atoms with Crippen LogP contribution in [-0.2, 0) is 9.53 Å². The number of hydrogen-bond acceptors (Lipinski definition) is 3. The number of carbonyl (C=O) groups excluding carboxylic acids is 1. The molecule has 0 bridgehead atoms.